The average molecular weight is 226 g/mol. The van der Waals surface area contributed by atoms with E-state index in [1.54, 1.807) is 23.1 Å². The Bertz CT molecular complexity index is 437. The van der Waals surface area contributed by atoms with Crippen LogP contribution >= 0.6 is 11.6 Å². The van der Waals surface area contributed by atoms with Gasteiger partial charge in [-0.2, -0.15) is 0 Å². The molecule has 6 heteroatoms. The van der Waals surface area contributed by atoms with E-state index in [-0.39, 0.29) is 12.2 Å². The summed E-state index contributed by atoms with van der Waals surface area (Å²) in [6, 6.07) is 5.03. The highest BCUT2D eigenvalue weighted by Crippen LogP contribution is 2.36. The second kappa shape index (κ2) is 3.01. The Morgan fingerprint density at radius 1 is 1.53 bits per heavy atom. The molecule has 2 amide bonds. The van der Waals surface area contributed by atoms with Crippen molar-refractivity contribution in [2.24, 2.45) is 0 Å². The van der Waals surface area contributed by atoms with Gasteiger partial charge in [0, 0.05) is 5.02 Å². The zero-order valence-corrected chi connectivity index (χ0v) is 8.41. The third-order valence-corrected chi connectivity index (χ3v) is 2.69. The van der Waals surface area contributed by atoms with Crippen LogP contribution in [-0.2, 0) is 0 Å². The molecule has 5 nitrogen and oxygen atoms in total. The van der Waals surface area contributed by atoms with Gasteiger partial charge in [0.1, 0.15) is 18.5 Å². The first-order valence-electron chi connectivity index (χ1n) is 4.53. The summed E-state index contributed by atoms with van der Waals surface area (Å²) in [6.07, 6.45) is -0.163. The quantitative estimate of drug-likeness (QED) is 0.695. The number of carbonyl (C=O) groups is 1. The van der Waals surface area contributed by atoms with Gasteiger partial charge < -0.3 is 4.74 Å². The van der Waals surface area contributed by atoms with Crippen molar-refractivity contribution in [2.45, 2.75) is 6.17 Å². The first kappa shape index (κ1) is 8.82. The molecule has 78 valence electrons. The molecule has 0 spiro atoms. The molecule has 2 N–H and O–H groups in total. The number of rotatable bonds is 0. The van der Waals surface area contributed by atoms with Gasteiger partial charge in [-0.05, 0) is 18.2 Å². The predicted molar refractivity (Wildman–Crippen MR) is 54.9 cm³/mol. The third-order valence-electron chi connectivity index (χ3n) is 2.45. The second-order valence-electron chi connectivity index (χ2n) is 3.38. The Balaban J connectivity index is 2.12. The van der Waals surface area contributed by atoms with Gasteiger partial charge in [-0.3, -0.25) is 10.3 Å². The summed E-state index contributed by atoms with van der Waals surface area (Å²) in [5, 5.41) is 0.581. The molecule has 1 saturated heterocycles. The van der Waals surface area contributed by atoms with Gasteiger partial charge in [0.05, 0.1) is 5.69 Å². The van der Waals surface area contributed by atoms with Crippen molar-refractivity contribution in [1.82, 2.24) is 10.9 Å². The number of urea groups is 1. The molecule has 1 fully saturated rings. The molecule has 0 radical (unpaired) electrons. The molecular formula is C9H8ClN3O2. The molecule has 0 aromatic heterocycles. The SMILES string of the molecule is O=C1NNC2COc3ccc(Cl)cc3N12. The van der Waals surface area contributed by atoms with E-state index in [0.717, 1.165) is 0 Å². The predicted octanol–water partition coefficient (Wildman–Crippen LogP) is 1.09. The van der Waals surface area contributed by atoms with Crippen molar-refractivity contribution in [3.05, 3.63) is 23.2 Å². The van der Waals surface area contributed by atoms with Crippen LogP contribution in [0.15, 0.2) is 18.2 Å². The van der Waals surface area contributed by atoms with Crippen LogP contribution in [0.5, 0.6) is 5.75 Å². The van der Waals surface area contributed by atoms with E-state index in [9.17, 15) is 4.79 Å². The van der Waals surface area contributed by atoms with Crippen LogP contribution in [0.2, 0.25) is 5.02 Å². The molecule has 2 aliphatic rings. The zero-order chi connectivity index (χ0) is 10.4. The third kappa shape index (κ3) is 1.24. The van der Waals surface area contributed by atoms with Gasteiger partial charge in [-0.1, -0.05) is 11.6 Å². The van der Waals surface area contributed by atoms with E-state index in [1.165, 1.54) is 0 Å². The van der Waals surface area contributed by atoms with Crippen LogP contribution in [0.3, 0.4) is 0 Å². The molecule has 1 aromatic rings. The summed E-state index contributed by atoms with van der Waals surface area (Å²) in [7, 11) is 0. The van der Waals surface area contributed by atoms with Crippen molar-refractivity contribution in [3.63, 3.8) is 0 Å². The maximum absolute atomic E-state index is 11.5. The van der Waals surface area contributed by atoms with Crippen molar-refractivity contribution < 1.29 is 9.53 Å². The molecule has 0 saturated carbocycles. The monoisotopic (exact) mass is 225 g/mol. The van der Waals surface area contributed by atoms with Crippen LogP contribution in [0.25, 0.3) is 0 Å². The Morgan fingerprint density at radius 3 is 3.27 bits per heavy atom. The molecule has 2 heterocycles. The van der Waals surface area contributed by atoms with E-state index in [2.05, 4.69) is 10.9 Å². The van der Waals surface area contributed by atoms with E-state index >= 15 is 0 Å². The van der Waals surface area contributed by atoms with Crippen molar-refractivity contribution in [2.75, 3.05) is 11.5 Å². The van der Waals surface area contributed by atoms with Crippen molar-refractivity contribution in [3.8, 4) is 5.75 Å². The number of benzene rings is 1. The molecule has 1 unspecified atom stereocenters. The van der Waals surface area contributed by atoms with Gasteiger partial charge in [0.2, 0.25) is 0 Å². The fourth-order valence-electron chi connectivity index (χ4n) is 1.77. The Labute approximate surface area is 90.9 Å². The van der Waals surface area contributed by atoms with E-state index in [1.807, 2.05) is 0 Å². The van der Waals surface area contributed by atoms with E-state index in [0.29, 0.717) is 23.1 Å². The van der Waals surface area contributed by atoms with E-state index < -0.39 is 0 Å². The van der Waals surface area contributed by atoms with E-state index in [4.69, 9.17) is 16.3 Å². The minimum atomic E-state index is -0.188. The summed E-state index contributed by atoms with van der Waals surface area (Å²) in [4.78, 5) is 13.1. The lowest BCUT2D eigenvalue weighted by Crippen LogP contribution is -2.45. The Morgan fingerprint density at radius 2 is 2.40 bits per heavy atom. The van der Waals surface area contributed by atoms with Crippen LogP contribution in [0, 0.1) is 0 Å². The fourth-order valence-corrected chi connectivity index (χ4v) is 1.94. The number of halogens is 1. The Hall–Kier alpha value is -1.46. The standard InChI is InChI=1S/C9H8ClN3O2/c10-5-1-2-7-6(3-5)13-8(4-15-7)11-12-9(13)14/h1-3,8,11H,4H2,(H,12,14). The number of fused-ring (bicyclic) bond motifs is 3. The molecule has 0 aliphatic carbocycles. The lowest BCUT2D eigenvalue weighted by Gasteiger charge is -2.29. The molecule has 0 bridgehead atoms. The smallest absolute Gasteiger partial charge is 0.337 e. The molecule has 2 aliphatic heterocycles. The summed E-state index contributed by atoms with van der Waals surface area (Å²) in [5.41, 5.74) is 6.06. The van der Waals surface area contributed by atoms with Crippen LogP contribution in [-0.4, -0.2) is 18.8 Å². The molecule has 1 atom stereocenters. The summed E-state index contributed by atoms with van der Waals surface area (Å²) < 4.78 is 5.49. The van der Waals surface area contributed by atoms with Gasteiger partial charge in [0.15, 0.2) is 0 Å². The number of hydrazine groups is 1. The number of carbonyl (C=O) groups excluding carboxylic acids is 1. The molecular weight excluding hydrogens is 218 g/mol. The fraction of sp³-hybridized carbons (Fsp3) is 0.222. The first-order chi connectivity index (χ1) is 7.25. The number of anilines is 1. The molecule has 15 heavy (non-hydrogen) atoms. The van der Waals surface area contributed by atoms with Crippen LogP contribution in [0.4, 0.5) is 10.5 Å². The van der Waals surface area contributed by atoms with Gasteiger partial charge >= 0.3 is 6.03 Å². The lowest BCUT2D eigenvalue weighted by molar-refractivity contribution is 0.245. The van der Waals surface area contributed by atoms with Crippen LogP contribution in [0.1, 0.15) is 0 Å². The number of hydrogen-bond donors (Lipinski definition) is 2. The zero-order valence-electron chi connectivity index (χ0n) is 7.66. The minimum absolute atomic E-state index is 0.163. The molecule has 3 rings (SSSR count). The number of hydrogen-bond acceptors (Lipinski definition) is 3. The second-order valence-corrected chi connectivity index (χ2v) is 3.82. The maximum atomic E-state index is 11.5. The topological polar surface area (TPSA) is 53.6 Å². The number of nitrogens with one attached hydrogen (secondary N) is 2. The normalized spacial score (nSPS) is 22.9. The largest absolute Gasteiger partial charge is 0.488 e. The maximum Gasteiger partial charge on any atom is 0.337 e. The lowest BCUT2D eigenvalue weighted by atomic mass is 10.2. The highest BCUT2D eigenvalue weighted by atomic mass is 35.5. The van der Waals surface area contributed by atoms with Crippen molar-refractivity contribution >= 4 is 23.3 Å². The number of amides is 2. The van der Waals surface area contributed by atoms with Crippen molar-refractivity contribution in [1.29, 1.82) is 0 Å². The summed E-state index contributed by atoms with van der Waals surface area (Å²) in [5.74, 6) is 0.675. The summed E-state index contributed by atoms with van der Waals surface area (Å²) in [6.45, 7) is 0.424. The summed E-state index contributed by atoms with van der Waals surface area (Å²) >= 11 is 5.88. The first-order valence-corrected chi connectivity index (χ1v) is 4.90. The molecule has 1 aromatic carbocycles. The van der Waals surface area contributed by atoms with Crippen LogP contribution < -0.4 is 20.5 Å². The highest BCUT2D eigenvalue weighted by molar-refractivity contribution is 6.31. The Kier molecular flexibility index (Phi) is 1.77. The van der Waals surface area contributed by atoms with Gasteiger partial charge in [-0.15, -0.1) is 0 Å². The highest BCUT2D eigenvalue weighted by Gasteiger charge is 2.37. The van der Waals surface area contributed by atoms with Gasteiger partial charge in [-0.25, -0.2) is 10.2 Å². The number of ether oxygens (including phenoxy) is 1. The van der Waals surface area contributed by atoms with Gasteiger partial charge in [0.25, 0.3) is 0 Å². The minimum Gasteiger partial charge on any atom is -0.488 e. The number of nitrogens with zero attached hydrogens (tertiary/aromatic N) is 1. The average Bonchev–Trinajstić information content (AvgIpc) is 2.60.